The molecular formula is C19H20N4O5. The summed E-state index contributed by atoms with van der Waals surface area (Å²) in [4.78, 5) is 57.0. The monoisotopic (exact) mass is 384 g/mol. The molecule has 146 valence electrons. The van der Waals surface area contributed by atoms with E-state index in [1.165, 1.54) is 0 Å². The quantitative estimate of drug-likeness (QED) is 0.591. The first-order valence-corrected chi connectivity index (χ1v) is 9.12. The van der Waals surface area contributed by atoms with E-state index >= 15 is 0 Å². The number of carbonyl (C=O) groups excluding carboxylic acids is 3. The molecule has 0 unspecified atom stereocenters. The first kappa shape index (κ1) is 18.1. The number of nitrogens with zero attached hydrogens (tertiary/aromatic N) is 2. The molecule has 1 saturated carbocycles. The Morgan fingerprint density at radius 2 is 2.04 bits per heavy atom. The lowest BCUT2D eigenvalue weighted by atomic mass is 9.96. The number of fused-ring (bicyclic) bond motifs is 1. The van der Waals surface area contributed by atoms with Crippen LogP contribution in [0, 0.1) is 5.92 Å². The normalized spacial score (nSPS) is 23.0. The van der Waals surface area contributed by atoms with Crippen molar-refractivity contribution in [1.82, 2.24) is 20.2 Å². The second kappa shape index (κ2) is 6.43. The van der Waals surface area contributed by atoms with Crippen molar-refractivity contribution in [2.75, 3.05) is 6.54 Å². The van der Waals surface area contributed by atoms with Crippen molar-refractivity contribution in [3.63, 3.8) is 0 Å². The van der Waals surface area contributed by atoms with Crippen molar-refractivity contribution in [2.24, 2.45) is 5.92 Å². The fourth-order valence-electron chi connectivity index (χ4n) is 3.51. The van der Waals surface area contributed by atoms with Crippen molar-refractivity contribution in [3.05, 3.63) is 40.4 Å². The fourth-order valence-corrected chi connectivity index (χ4v) is 3.51. The summed E-state index contributed by atoms with van der Waals surface area (Å²) in [7, 11) is 0. The number of para-hydroxylation sites is 1. The number of amides is 3. The zero-order chi connectivity index (χ0) is 20.1. The number of hydrogen-bond donors (Lipinski definition) is 2. The van der Waals surface area contributed by atoms with Gasteiger partial charge in [-0.25, -0.2) is 9.78 Å². The summed E-state index contributed by atoms with van der Waals surface area (Å²) in [5.74, 6) is -0.874. The highest BCUT2D eigenvalue weighted by Gasteiger charge is 2.56. The van der Waals surface area contributed by atoms with Gasteiger partial charge in [-0.3, -0.25) is 19.3 Å². The average Bonchev–Trinajstić information content (AvgIpc) is 3.48. The minimum atomic E-state index is -0.950. The van der Waals surface area contributed by atoms with E-state index in [9.17, 15) is 19.2 Å². The topological polar surface area (TPSA) is 121 Å². The number of H-pyrrole nitrogens is 1. The average molecular weight is 384 g/mol. The maximum Gasteiger partial charge on any atom is 0.326 e. The third kappa shape index (κ3) is 3.02. The van der Waals surface area contributed by atoms with Crippen LogP contribution in [0.2, 0.25) is 0 Å². The van der Waals surface area contributed by atoms with Crippen LogP contribution in [0.3, 0.4) is 0 Å². The van der Waals surface area contributed by atoms with Gasteiger partial charge in [0.2, 0.25) is 0 Å². The molecule has 9 nitrogen and oxygen atoms in total. The Morgan fingerprint density at radius 3 is 2.75 bits per heavy atom. The number of rotatable bonds is 5. The molecule has 1 aliphatic heterocycles. The molecule has 1 aromatic heterocycles. The predicted molar refractivity (Wildman–Crippen MR) is 98.2 cm³/mol. The molecule has 0 spiro atoms. The van der Waals surface area contributed by atoms with Gasteiger partial charge in [0.05, 0.1) is 10.9 Å². The first-order valence-electron chi connectivity index (χ1n) is 9.12. The van der Waals surface area contributed by atoms with E-state index in [4.69, 9.17) is 4.74 Å². The number of benzene rings is 1. The first-order chi connectivity index (χ1) is 13.3. The molecule has 0 bridgehead atoms. The van der Waals surface area contributed by atoms with Crippen LogP contribution in [0.1, 0.15) is 38.6 Å². The third-order valence-corrected chi connectivity index (χ3v) is 5.31. The molecule has 1 saturated heterocycles. The van der Waals surface area contributed by atoms with E-state index in [0.29, 0.717) is 10.9 Å². The number of nitrogens with one attached hydrogen (secondary N) is 2. The Kier molecular flexibility index (Phi) is 4.17. The summed E-state index contributed by atoms with van der Waals surface area (Å²) in [6, 6.07) is 6.23. The van der Waals surface area contributed by atoms with Crippen LogP contribution in [0.5, 0.6) is 0 Å². The van der Waals surface area contributed by atoms with Crippen LogP contribution in [0.4, 0.5) is 4.79 Å². The van der Waals surface area contributed by atoms with Gasteiger partial charge >= 0.3 is 12.0 Å². The Labute approximate surface area is 160 Å². The Balaban J connectivity index is 1.46. The van der Waals surface area contributed by atoms with E-state index in [0.717, 1.165) is 17.7 Å². The van der Waals surface area contributed by atoms with Gasteiger partial charge in [0, 0.05) is 0 Å². The molecule has 2 N–H and O–H groups in total. The summed E-state index contributed by atoms with van der Waals surface area (Å²) < 4.78 is 5.30. The molecule has 0 radical (unpaired) electrons. The maximum atomic E-state index is 12.6. The molecule has 9 heteroatoms. The second-order valence-corrected chi connectivity index (χ2v) is 7.40. The highest BCUT2D eigenvalue weighted by molar-refractivity contribution is 6.08. The molecule has 2 fully saturated rings. The smallest absolute Gasteiger partial charge is 0.326 e. The van der Waals surface area contributed by atoms with E-state index in [1.807, 2.05) is 0 Å². The molecule has 28 heavy (non-hydrogen) atoms. The van der Waals surface area contributed by atoms with Gasteiger partial charge in [-0.1, -0.05) is 12.1 Å². The summed E-state index contributed by atoms with van der Waals surface area (Å²) in [6.07, 6.45) is 0.901. The van der Waals surface area contributed by atoms with Crippen LogP contribution in [-0.4, -0.2) is 44.9 Å². The van der Waals surface area contributed by atoms with Crippen molar-refractivity contribution in [1.29, 1.82) is 0 Å². The lowest BCUT2D eigenvalue weighted by Gasteiger charge is -2.21. The molecule has 2 atom stereocenters. The molecule has 2 aliphatic rings. The lowest BCUT2D eigenvalue weighted by molar-refractivity contribution is -0.152. The maximum absolute atomic E-state index is 12.6. The lowest BCUT2D eigenvalue weighted by Crippen LogP contribution is -2.46. The Morgan fingerprint density at radius 1 is 1.32 bits per heavy atom. The molecule has 2 aromatic rings. The highest BCUT2D eigenvalue weighted by atomic mass is 16.5. The zero-order valence-corrected chi connectivity index (χ0v) is 15.5. The van der Waals surface area contributed by atoms with Crippen molar-refractivity contribution >= 4 is 28.8 Å². The van der Waals surface area contributed by atoms with Gasteiger partial charge in [-0.15, -0.1) is 0 Å². The minimum absolute atomic E-state index is 0.107. The van der Waals surface area contributed by atoms with Gasteiger partial charge in [0.15, 0.2) is 11.9 Å². The minimum Gasteiger partial charge on any atom is -0.453 e. The highest BCUT2D eigenvalue weighted by Crippen LogP contribution is 2.42. The van der Waals surface area contributed by atoms with Crippen LogP contribution in [0.15, 0.2) is 29.1 Å². The molecular weight excluding hydrogens is 364 g/mol. The van der Waals surface area contributed by atoms with Crippen molar-refractivity contribution < 1.29 is 19.1 Å². The molecule has 3 amide bonds. The number of hydrogen-bond acceptors (Lipinski definition) is 6. The van der Waals surface area contributed by atoms with Crippen molar-refractivity contribution in [3.8, 4) is 0 Å². The molecule has 2 heterocycles. The van der Waals surface area contributed by atoms with Gasteiger partial charge < -0.3 is 15.0 Å². The van der Waals surface area contributed by atoms with Crippen LogP contribution in [-0.2, 0) is 14.3 Å². The number of carbonyl (C=O) groups is 3. The van der Waals surface area contributed by atoms with Crippen molar-refractivity contribution in [2.45, 2.75) is 38.3 Å². The molecule has 1 aromatic carbocycles. The summed E-state index contributed by atoms with van der Waals surface area (Å²) in [5.41, 5.74) is -0.801. The van der Waals surface area contributed by atoms with Gasteiger partial charge in [-0.05, 0) is 44.7 Å². The van der Waals surface area contributed by atoms with Gasteiger partial charge in [0.1, 0.15) is 12.1 Å². The number of esters is 1. The summed E-state index contributed by atoms with van der Waals surface area (Å²) in [5, 5.41) is 3.11. The number of imide groups is 1. The molecule has 1 aliphatic carbocycles. The number of ether oxygens (including phenoxy) is 1. The number of urea groups is 1. The van der Waals surface area contributed by atoms with E-state index in [1.54, 1.807) is 38.1 Å². The Hall–Kier alpha value is -3.23. The standard InChI is InChI=1S/C19H20N4O5/c1-10(15-20-13-6-4-3-5-12(13)16(25)21-15)28-14(24)9-23-17(26)19(2,11-7-8-11)22-18(23)27/h3-6,10-11H,7-9H2,1-2H3,(H,22,27)(H,20,21,25)/t10-,19-/m0/s1. The molecule has 4 rings (SSSR count). The summed E-state index contributed by atoms with van der Waals surface area (Å²) in [6.45, 7) is 2.75. The van der Waals surface area contributed by atoms with E-state index in [2.05, 4.69) is 15.3 Å². The van der Waals surface area contributed by atoms with Gasteiger partial charge in [0.25, 0.3) is 11.5 Å². The van der Waals surface area contributed by atoms with Crippen LogP contribution in [0.25, 0.3) is 10.9 Å². The SMILES string of the molecule is C[C@H](OC(=O)CN1C(=O)N[C@@](C)(C2CC2)C1=O)c1nc2ccccc2c(=O)[nH]1. The fraction of sp³-hybridized carbons (Fsp3) is 0.421. The van der Waals surface area contributed by atoms with Gasteiger partial charge in [-0.2, -0.15) is 0 Å². The van der Waals surface area contributed by atoms with E-state index in [-0.39, 0.29) is 17.3 Å². The largest absolute Gasteiger partial charge is 0.453 e. The zero-order valence-electron chi connectivity index (χ0n) is 15.5. The Bertz CT molecular complexity index is 1040. The second-order valence-electron chi connectivity index (χ2n) is 7.40. The third-order valence-electron chi connectivity index (χ3n) is 5.31. The van der Waals surface area contributed by atoms with Crippen LogP contribution < -0.4 is 10.9 Å². The summed E-state index contributed by atoms with van der Waals surface area (Å²) >= 11 is 0. The van der Waals surface area contributed by atoms with Crippen LogP contribution >= 0.6 is 0 Å². The number of aromatic amines is 1. The number of aromatic nitrogens is 2. The van der Waals surface area contributed by atoms with E-state index < -0.39 is 36.1 Å². The predicted octanol–water partition coefficient (Wildman–Crippen LogP) is 1.25.